The topological polar surface area (TPSA) is 151 Å². The SMILES string of the molecule is Cc1cc(Oc2ccccc2)ccc1N1C(=O)Nc2c(C(=O)NC3CCC(NC(=O)/C=C/CNC(=O)OC(C)(C)C)CC3)sc3nccc1c23. The van der Waals surface area contributed by atoms with Gasteiger partial charge in [-0.3, -0.25) is 14.5 Å². The summed E-state index contributed by atoms with van der Waals surface area (Å²) in [7, 11) is 0. The number of alkyl carbamates (subject to hydrolysis) is 1. The quantitative estimate of drug-likeness (QED) is 0.134. The Balaban J connectivity index is 1.07. The number of amides is 5. The number of benzene rings is 2. The molecule has 0 atom stereocenters. The molecule has 1 aliphatic heterocycles. The van der Waals surface area contributed by atoms with E-state index in [0.717, 1.165) is 11.3 Å². The molecule has 0 radical (unpaired) electrons. The maximum Gasteiger partial charge on any atom is 0.407 e. The fraction of sp³-hybridized carbons (Fsp3) is 0.324. The zero-order valence-electron chi connectivity index (χ0n) is 28.4. The van der Waals surface area contributed by atoms with Crippen LogP contribution in [0, 0.1) is 6.92 Å². The molecular formula is C37H40N6O6S. The molecular weight excluding hydrogens is 657 g/mol. The number of hydrogen-bond donors (Lipinski definition) is 4. The number of aryl methyl sites for hydroxylation is 1. The van der Waals surface area contributed by atoms with Crippen molar-refractivity contribution in [2.45, 2.75) is 71.1 Å². The molecule has 0 unspecified atom stereocenters. The van der Waals surface area contributed by atoms with Crippen molar-refractivity contribution in [3.63, 3.8) is 0 Å². The van der Waals surface area contributed by atoms with E-state index in [9.17, 15) is 19.2 Å². The van der Waals surface area contributed by atoms with Gasteiger partial charge in [0.15, 0.2) is 0 Å². The van der Waals surface area contributed by atoms with Crippen molar-refractivity contribution >= 4 is 62.6 Å². The Labute approximate surface area is 294 Å². The number of nitrogens with zero attached hydrogens (tertiary/aromatic N) is 2. The Morgan fingerprint density at radius 1 is 0.980 bits per heavy atom. The minimum absolute atomic E-state index is 0.0240. The molecule has 13 heteroatoms. The second kappa shape index (κ2) is 14.6. The summed E-state index contributed by atoms with van der Waals surface area (Å²) in [5.74, 6) is 0.861. The summed E-state index contributed by atoms with van der Waals surface area (Å²) in [5.41, 5.74) is 2.05. The van der Waals surface area contributed by atoms with Crippen LogP contribution in [0.4, 0.5) is 26.7 Å². The van der Waals surface area contributed by atoms with Crippen molar-refractivity contribution in [1.82, 2.24) is 20.9 Å². The number of pyridine rings is 1. The minimum Gasteiger partial charge on any atom is -0.457 e. The van der Waals surface area contributed by atoms with Gasteiger partial charge in [0.1, 0.15) is 26.8 Å². The van der Waals surface area contributed by atoms with Crippen LogP contribution in [-0.2, 0) is 9.53 Å². The van der Waals surface area contributed by atoms with E-state index >= 15 is 0 Å². The maximum absolute atomic E-state index is 13.6. The lowest BCUT2D eigenvalue weighted by molar-refractivity contribution is -0.117. The van der Waals surface area contributed by atoms with Gasteiger partial charge in [0.2, 0.25) is 5.91 Å². The normalized spacial score (nSPS) is 17.3. The van der Waals surface area contributed by atoms with Crippen molar-refractivity contribution in [1.29, 1.82) is 0 Å². The Morgan fingerprint density at radius 2 is 1.70 bits per heavy atom. The molecule has 12 nitrogen and oxygen atoms in total. The summed E-state index contributed by atoms with van der Waals surface area (Å²) >= 11 is 1.25. The molecule has 0 spiro atoms. The number of urea groups is 1. The average Bonchev–Trinajstić information content (AvgIpc) is 3.44. The lowest BCUT2D eigenvalue weighted by Gasteiger charge is -2.30. The summed E-state index contributed by atoms with van der Waals surface area (Å²) in [4.78, 5) is 58.6. The molecule has 260 valence electrons. The highest BCUT2D eigenvalue weighted by molar-refractivity contribution is 7.21. The van der Waals surface area contributed by atoms with E-state index in [1.54, 1.807) is 44.0 Å². The number of nitrogens with one attached hydrogen (secondary N) is 4. The Hall–Kier alpha value is -5.43. The number of aromatic nitrogens is 1. The van der Waals surface area contributed by atoms with E-state index in [-0.39, 0.29) is 36.5 Å². The average molecular weight is 697 g/mol. The highest BCUT2D eigenvalue weighted by Crippen LogP contribution is 2.46. The van der Waals surface area contributed by atoms with Crippen molar-refractivity contribution in [2.75, 3.05) is 16.8 Å². The molecule has 2 aromatic heterocycles. The summed E-state index contributed by atoms with van der Waals surface area (Å²) in [6.07, 6.45) is 6.84. The number of carbonyl (C=O) groups excluding carboxylic acids is 4. The number of ether oxygens (including phenoxy) is 2. The molecule has 1 aliphatic carbocycles. The lowest BCUT2D eigenvalue weighted by Crippen LogP contribution is -2.43. The predicted molar refractivity (Wildman–Crippen MR) is 194 cm³/mol. The molecule has 4 N–H and O–H groups in total. The zero-order chi connectivity index (χ0) is 35.4. The van der Waals surface area contributed by atoms with Gasteiger partial charge in [-0.2, -0.15) is 0 Å². The van der Waals surface area contributed by atoms with Crippen LogP contribution in [0.2, 0.25) is 0 Å². The van der Waals surface area contributed by atoms with E-state index in [1.165, 1.54) is 17.4 Å². The van der Waals surface area contributed by atoms with Gasteiger partial charge in [0, 0.05) is 30.9 Å². The first-order valence-corrected chi connectivity index (χ1v) is 17.4. The lowest BCUT2D eigenvalue weighted by atomic mass is 9.91. The van der Waals surface area contributed by atoms with Crippen LogP contribution < -0.4 is 30.9 Å². The molecule has 1 saturated carbocycles. The first-order valence-electron chi connectivity index (χ1n) is 16.6. The van der Waals surface area contributed by atoms with E-state index in [2.05, 4.69) is 26.3 Å². The number of carbonyl (C=O) groups is 4. The minimum atomic E-state index is -0.594. The smallest absolute Gasteiger partial charge is 0.407 e. The number of para-hydroxylation sites is 1. The van der Waals surface area contributed by atoms with Crippen LogP contribution in [0.15, 0.2) is 72.9 Å². The van der Waals surface area contributed by atoms with Gasteiger partial charge in [-0.15, -0.1) is 11.3 Å². The van der Waals surface area contributed by atoms with Gasteiger partial charge in [0.05, 0.1) is 22.4 Å². The molecule has 1 fully saturated rings. The van der Waals surface area contributed by atoms with Crippen LogP contribution in [0.25, 0.3) is 10.2 Å². The van der Waals surface area contributed by atoms with Crippen LogP contribution in [0.5, 0.6) is 11.5 Å². The van der Waals surface area contributed by atoms with Gasteiger partial charge < -0.3 is 30.7 Å². The first-order chi connectivity index (χ1) is 23.9. The molecule has 0 bridgehead atoms. The van der Waals surface area contributed by atoms with Crippen LogP contribution in [0.3, 0.4) is 0 Å². The van der Waals surface area contributed by atoms with Crippen LogP contribution >= 0.6 is 11.3 Å². The van der Waals surface area contributed by atoms with E-state index in [0.29, 0.717) is 63.6 Å². The summed E-state index contributed by atoms with van der Waals surface area (Å²) in [6, 6.07) is 16.4. The Bertz CT molecular complexity index is 1950. The van der Waals surface area contributed by atoms with Crippen LogP contribution in [-0.4, -0.2) is 53.2 Å². The van der Waals surface area contributed by atoms with Gasteiger partial charge >= 0.3 is 12.1 Å². The Morgan fingerprint density at radius 3 is 2.40 bits per heavy atom. The third-order valence-electron chi connectivity index (χ3n) is 8.28. The Kier molecular flexibility index (Phi) is 10.0. The largest absolute Gasteiger partial charge is 0.457 e. The number of hydrogen-bond acceptors (Lipinski definition) is 8. The van der Waals surface area contributed by atoms with Gasteiger partial charge in [-0.1, -0.05) is 24.3 Å². The fourth-order valence-corrected chi connectivity index (χ4v) is 7.08. The molecule has 6 rings (SSSR count). The predicted octanol–water partition coefficient (Wildman–Crippen LogP) is 7.32. The number of anilines is 3. The van der Waals surface area contributed by atoms with Gasteiger partial charge in [0.25, 0.3) is 5.91 Å². The van der Waals surface area contributed by atoms with Crippen molar-refractivity contribution in [2.24, 2.45) is 0 Å². The second-order valence-corrected chi connectivity index (χ2v) is 14.3. The maximum atomic E-state index is 13.6. The van der Waals surface area contributed by atoms with E-state index in [4.69, 9.17) is 9.47 Å². The number of rotatable bonds is 9. The first kappa shape index (κ1) is 34.4. The third-order valence-corrected chi connectivity index (χ3v) is 9.38. The van der Waals surface area contributed by atoms with Crippen molar-refractivity contribution < 1.29 is 28.7 Å². The number of thiophene rings is 1. The van der Waals surface area contributed by atoms with Crippen molar-refractivity contribution in [3.8, 4) is 11.5 Å². The molecule has 50 heavy (non-hydrogen) atoms. The highest BCUT2D eigenvalue weighted by Gasteiger charge is 2.34. The molecule has 2 aromatic carbocycles. The third kappa shape index (κ3) is 8.05. The second-order valence-electron chi connectivity index (χ2n) is 13.3. The van der Waals surface area contributed by atoms with E-state index in [1.807, 2.05) is 55.5 Å². The summed E-state index contributed by atoms with van der Waals surface area (Å²) in [6.45, 7) is 7.43. The van der Waals surface area contributed by atoms with E-state index < -0.39 is 11.7 Å². The monoisotopic (exact) mass is 696 g/mol. The van der Waals surface area contributed by atoms with Crippen molar-refractivity contribution in [3.05, 3.63) is 83.4 Å². The van der Waals surface area contributed by atoms with Gasteiger partial charge in [-0.25, -0.2) is 14.6 Å². The fourth-order valence-electron chi connectivity index (χ4n) is 6.06. The molecule has 2 aliphatic rings. The highest BCUT2D eigenvalue weighted by atomic mass is 32.1. The molecule has 0 saturated heterocycles. The zero-order valence-corrected chi connectivity index (χ0v) is 29.2. The summed E-state index contributed by atoms with van der Waals surface area (Å²) in [5, 5.41) is 12.4. The molecule has 4 aromatic rings. The molecule has 3 heterocycles. The van der Waals surface area contributed by atoms with Crippen LogP contribution in [0.1, 0.15) is 61.7 Å². The van der Waals surface area contributed by atoms with Gasteiger partial charge in [-0.05, 0) is 95.3 Å². The standard InChI is InChI=1S/C37H40N6O6S/c1-22-21-26(48-25-9-6-5-7-10-25)16-17-27(22)43-28-18-20-38-34-30(28)31(42-35(43)46)32(50-34)33(45)41-24-14-12-23(13-15-24)40-29(44)11-8-19-39-36(47)49-37(2,3)4/h5-11,16-18,20-21,23-24H,12-15,19H2,1-4H3,(H,39,47)(H,40,44)(H,41,45)(H,42,46)/b11-8+. The molecule has 5 amide bonds. The summed E-state index contributed by atoms with van der Waals surface area (Å²) < 4.78 is 11.2.